The number of hydrogen-bond acceptors (Lipinski definition) is 4. The Balaban J connectivity index is 1.42. The zero-order valence-electron chi connectivity index (χ0n) is 15.5. The number of ether oxygens (including phenoxy) is 1. The van der Waals surface area contributed by atoms with Gasteiger partial charge in [0.1, 0.15) is 11.6 Å². The molecule has 3 rings (SSSR count). The molecule has 1 aromatic heterocycles. The molecular formula is C20H23N5O2. The molecule has 0 saturated carbocycles. The quantitative estimate of drug-likeness (QED) is 0.600. The van der Waals surface area contributed by atoms with Crippen molar-refractivity contribution in [2.24, 2.45) is 0 Å². The van der Waals surface area contributed by atoms with Crippen molar-refractivity contribution in [2.45, 2.75) is 19.8 Å². The summed E-state index contributed by atoms with van der Waals surface area (Å²) in [6, 6.07) is 15.2. The minimum atomic E-state index is -0.268. The molecule has 0 bridgehead atoms. The highest BCUT2D eigenvalue weighted by Crippen LogP contribution is 2.14. The van der Waals surface area contributed by atoms with E-state index in [1.54, 1.807) is 31.4 Å². The zero-order chi connectivity index (χ0) is 19.1. The van der Waals surface area contributed by atoms with Gasteiger partial charge in [-0.3, -0.25) is 5.10 Å². The maximum Gasteiger partial charge on any atom is 0.319 e. The van der Waals surface area contributed by atoms with E-state index in [0.29, 0.717) is 30.9 Å². The first kappa shape index (κ1) is 18.4. The van der Waals surface area contributed by atoms with Gasteiger partial charge in [-0.1, -0.05) is 29.8 Å². The standard InChI is InChI=1S/C20H23N5O2/c1-14-3-5-15(6-4-14)13-19-23-18(24-25-19)11-12-21-20(26)22-16-7-9-17(27-2)10-8-16/h3-10H,11-13H2,1-2H3,(H2,21,22,26)(H,23,24,25). The van der Waals surface area contributed by atoms with Gasteiger partial charge >= 0.3 is 6.03 Å². The van der Waals surface area contributed by atoms with Gasteiger partial charge in [0, 0.05) is 25.1 Å². The molecule has 2 amide bonds. The van der Waals surface area contributed by atoms with Crippen LogP contribution in [0.25, 0.3) is 0 Å². The van der Waals surface area contributed by atoms with E-state index in [-0.39, 0.29) is 6.03 Å². The molecule has 1 heterocycles. The first-order chi connectivity index (χ1) is 13.1. The second kappa shape index (κ2) is 8.84. The molecule has 2 aromatic carbocycles. The highest BCUT2D eigenvalue weighted by Gasteiger charge is 2.06. The van der Waals surface area contributed by atoms with E-state index in [9.17, 15) is 4.79 Å². The highest BCUT2D eigenvalue weighted by atomic mass is 16.5. The summed E-state index contributed by atoms with van der Waals surface area (Å²) >= 11 is 0. The van der Waals surface area contributed by atoms with E-state index in [1.165, 1.54) is 11.1 Å². The molecule has 0 aliphatic heterocycles. The summed E-state index contributed by atoms with van der Waals surface area (Å²) < 4.78 is 5.09. The third kappa shape index (κ3) is 5.57. The first-order valence-electron chi connectivity index (χ1n) is 8.77. The number of aryl methyl sites for hydroxylation is 1. The molecule has 0 unspecified atom stereocenters. The molecule has 0 aliphatic carbocycles. The van der Waals surface area contributed by atoms with Gasteiger partial charge in [0.05, 0.1) is 7.11 Å². The average Bonchev–Trinajstić information content (AvgIpc) is 3.11. The number of aromatic amines is 1. The predicted octanol–water partition coefficient (Wildman–Crippen LogP) is 3.08. The van der Waals surface area contributed by atoms with Crippen molar-refractivity contribution in [3.8, 4) is 5.75 Å². The van der Waals surface area contributed by atoms with Crippen molar-refractivity contribution in [1.82, 2.24) is 20.5 Å². The van der Waals surface area contributed by atoms with Gasteiger partial charge in [-0.2, -0.15) is 5.10 Å². The van der Waals surface area contributed by atoms with E-state index in [1.807, 2.05) is 0 Å². The van der Waals surface area contributed by atoms with Gasteiger partial charge in [0.25, 0.3) is 0 Å². The lowest BCUT2D eigenvalue weighted by molar-refractivity contribution is 0.252. The van der Waals surface area contributed by atoms with Crippen molar-refractivity contribution in [2.75, 3.05) is 19.0 Å². The fourth-order valence-corrected chi connectivity index (χ4v) is 2.56. The monoisotopic (exact) mass is 365 g/mol. The van der Waals surface area contributed by atoms with Crippen molar-refractivity contribution in [3.05, 3.63) is 71.3 Å². The van der Waals surface area contributed by atoms with Crippen molar-refractivity contribution < 1.29 is 9.53 Å². The highest BCUT2D eigenvalue weighted by molar-refractivity contribution is 5.89. The molecule has 0 radical (unpaired) electrons. The van der Waals surface area contributed by atoms with Crippen LogP contribution in [-0.4, -0.2) is 34.9 Å². The van der Waals surface area contributed by atoms with Gasteiger partial charge in [0.2, 0.25) is 0 Å². The van der Waals surface area contributed by atoms with Crippen LogP contribution < -0.4 is 15.4 Å². The predicted molar refractivity (Wildman–Crippen MR) is 104 cm³/mol. The van der Waals surface area contributed by atoms with Crippen LogP contribution in [0.4, 0.5) is 10.5 Å². The Hall–Kier alpha value is -3.35. The molecule has 3 N–H and O–H groups in total. The second-order valence-corrected chi connectivity index (χ2v) is 6.22. The maximum atomic E-state index is 11.9. The molecule has 27 heavy (non-hydrogen) atoms. The lowest BCUT2D eigenvalue weighted by Gasteiger charge is -2.07. The minimum absolute atomic E-state index is 0.268. The maximum absolute atomic E-state index is 11.9. The molecular weight excluding hydrogens is 342 g/mol. The molecule has 0 atom stereocenters. The van der Waals surface area contributed by atoms with Crippen LogP contribution in [0.1, 0.15) is 22.8 Å². The van der Waals surface area contributed by atoms with Crippen LogP contribution >= 0.6 is 0 Å². The summed E-state index contributed by atoms with van der Waals surface area (Å²) in [5, 5.41) is 12.7. The van der Waals surface area contributed by atoms with Gasteiger partial charge < -0.3 is 15.4 Å². The molecule has 0 fully saturated rings. The summed E-state index contributed by atoms with van der Waals surface area (Å²) in [6.07, 6.45) is 1.26. The Morgan fingerprint density at radius 1 is 1.11 bits per heavy atom. The minimum Gasteiger partial charge on any atom is -0.497 e. The Kier molecular flexibility index (Phi) is 6.04. The van der Waals surface area contributed by atoms with Crippen LogP contribution in [0.15, 0.2) is 48.5 Å². The Bertz CT molecular complexity index is 872. The van der Waals surface area contributed by atoms with E-state index in [0.717, 1.165) is 11.6 Å². The Morgan fingerprint density at radius 2 is 1.85 bits per heavy atom. The molecule has 0 aliphatic rings. The fraction of sp³-hybridized carbons (Fsp3) is 0.250. The number of H-pyrrole nitrogens is 1. The van der Waals surface area contributed by atoms with Gasteiger partial charge in [-0.05, 0) is 36.8 Å². The number of rotatable bonds is 7. The van der Waals surface area contributed by atoms with Crippen LogP contribution in [0.5, 0.6) is 5.75 Å². The van der Waals surface area contributed by atoms with Gasteiger partial charge in [-0.25, -0.2) is 9.78 Å². The topological polar surface area (TPSA) is 91.9 Å². The summed E-state index contributed by atoms with van der Waals surface area (Å²) in [4.78, 5) is 16.4. The van der Waals surface area contributed by atoms with E-state index in [2.05, 4.69) is 57.0 Å². The number of carbonyl (C=O) groups excluding carboxylic acids is 1. The third-order valence-corrected chi connectivity index (χ3v) is 4.05. The molecule has 0 saturated heterocycles. The summed E-state index contributed by atoms with van der Waals surface area (Å²) in [5.74, 6) is 2.24. The number of amides is 2. The second-order valence-electron chi connectivity index (χ2n) is 6.22. The van der Waals surface area contributed by atoms with E-state index in [4.69, 9.17) is 4.74 Å². The molecule has 0 spiro atoms. The number of nitrogens with zero attached hydrogens (tertiary/aromatic N) is 2. The van der Waals surface area contributed by atoms with Crippen molar-refractivity contribution in [1.29, 1.82) is 0 Å². The number of methoxy groups -OCH3 is 1. The van der Waals surface area contributed by atoms with Crippen molar-refractivity contribution >= 4 is 11.7 Å². The smallest absolute Gasteiger partial charge is 0.319 e. The van der Waals surface area contributed by atoms with E-state index >= 15 is 0 Å². The first-order valence-corrected chi connectivity index (χ1v) is 8.77. The van der Waals surface area contributed by atoms with Crippen LogP contribution in [-0.2, 0) is 12.8 Å². The lowest BCUT2D eigenvalue weighted by atomic mass is 10.1. The Morgan fingerprint density at radius 3 is 2.56 bits per heavy atom. The van der Waals surface area contributed by atoms with Gasteiger partial charge in [-0.15, -0.1) is 0 Å². The zero-order valence-corrected chi connectivity index (χ0v) is 15.5. The number of anilines is 1. The average molecular weight is 365 g/mol. The number of nitrogens with one attached hydrogen (secondary N) is 3. The lowest BCUT2D eigenvalue weighted by Crippen LogP contribution is -2.30. The number of carbonyl (C=O) groups is 1. The number of benzene rings is 2. The van der Waals surface area contributed by atoms with Crippen LogP contribution in [0.2, 0.25) is 0 Å². The molecule has 7 nitrogen and oxygen atoms in total. The summed E-state index contributed by atoms with van der Waals surface area (Å²) in [7, 11) is 1.60. The van der Waals surface area contributed by atoms with Gasteiger partial charge in [0.15, 0.2) is 5.82 Å². The summed E-state index contributed by atoms with van der Waals surface area (Å²) in [6.45, 7) is 2.51. The SMILES string of the molecule is COc1ccc(NC(=O)NCCc2n[nH]c(Cc3ccc(C)cc3)n2)cc1. The third-order valence-electron chi connectivity index (χ3n) is 4.05. The number of hydrogen-bond donors (Lipinski definition) is 3. The van der Waals surface area contributed by atoms with Crippen LogP contribution in [0.3, 0.4) is 0 Å². The van der Waals surface area contributed by atoms with E-state index < -0.39 is 0 Å². The van der Waals surface area contributed by atoms with Crippen molar-refractivity contribution in [3.63, 3.8) is 0 Å². The summed E-state index contributed by atoms with van der Waals surface area (Å²) in [5.41, 5.74) is 3.11. The molecule has 3 aromatic rings. The Labute approximate surface area is 158 Å². The number of aromatic nitrogens is 3. The molecule has 7 heteroatoms. The van der Waals surface area contributed by atoms with Crippen LogP contribution in [0, 0.1) is 6.92 Å². The fourth-order valence-electron chi connectivity index (χ4n) is 2.56. The largest absolute Gasteiger partial charge is 0.497 e. The normalized spacial score (nSPS) is 10.4. The number of urea groups is 1. The molecule has 140 valence electrons.